The summed E-state index contributed by atoms with van der Waals surface area (Å²) >= 11 is 0. The van der Waals surface area contributed by atoms with Crippen LogP contribution in [0.15, 0.2) is 42.7 Å². The highest BCUT2D eigenvalue weighted by Crippen LogP contribution is 2.16. The lowest BCUT2D eigenvalue weighted by atomic mass is 10.3. The Hall–Kier alpha value is -3.23. The molecule has 0 radical (unpaired) electrons. The summed E-state index contributed by atoms with van der Waals surface area (Å²) in [6.07, 6.45) is 4.00. The van der Waals surface area contributed by atoms with Gasteiger partial charge in [0.1, 0.15) is 5.75 Å². The fourth-order valence-corrected chi connectivity index (χ4v) is 1.77. The third-order valence-corrected chi connectivity index (χ3v) is 2.94. The van der Waals surface area contributed by atoms with Crippen LogP contribution in [0.3, 0.4) is 0 Å². The highest BCUT2D eigenvalue weighted by molar-refractivity contribution is 5.77. The standard InChI is InChI=1S/C15H17N5O4/c21-14(11-24-13-5-3-12(4-6-13)20(22)23)16-7-1-8-17-15-18-9-2-10-19-15/h2-6,9-10H,1,7-8,11H2,(H,16,21)(H,17,18,19). The first-order valence-electron chi connectivity index (χ1n) is 7.30. The van der Waals surface area contributed by atoms with Crippen molar-refractivity contribution in [2.24, 2.45) is 0 Å². The number of hydrogen-bond donors (Lipinski definition) is 2. The van der Waals surface area contributed by atoms with E-state index >= 15 is 0 Å². The maximum atomic E-state index is 11.6. The molecule has 0 spiro atoms. The maximum absolute atomic E-state index is 11.6. The van der Waals surface area contributed by atoms with Crippen molar-refractivity contribution in [3.63, 3.8) is 0 Å². The summed E-state index contributed by atoms with van der Waals surface area (Å²) in [6.45, 7) is 0.975. The fourth-order valence-electron chi connectivity index (χ4n) is 1.77. The third-order valence-electron chi connectivity index (χ3n) is 2.94. The van der Waals surface area contributed by atoms with Gasteiger partial charge in [0.05, 0.1) is 4.92 Å². The van der Waals surface area contributed by atoms with Gasteiger partial charge in [-0.25, -0.2) is 9.97 Å². The molecule has 0 saturated heterocycles. The van der Waals surface area contributed by atoms with Gasteiger partial charge in [-0.05, 0) is 24.6 Å². The molecule has 1 heterocycles. The van der Waals surface area contributed by atoms with Crippen LogP contribution in [0, 0.1) is 10.1 Å². The van der Waals surface area contributed by atoms with E-state index in [0.717, 1.165) is 0 Å². The quantitative estimate of drug-likeness (QED) is 0.405. The number of non-ortho nitro benzene ring substituents is 1. The molecule has 2 aromatic rings. The molecule has 0 aliphatic heterocycles. The Bertz CT molecular complexity index is 663. The number of hydrogen-bond acceptors (Lipinski definition) is 7. The van der Waals surface area contributed by atoms with E-state index in [1.54, 1.807) is 18.5 Å². The Morgan fingerprint density at radius 1 is 1.17 bits per heavy atom. The number of amides is 1. The highest BCUT2D eigenvalue weighted by atomic mass is 16.6. The van der Waals surface area contributed by atoms with E-state index in [2.05, 4.69) is 20.6 Å². The van der Waals surface area contributed by atoms with Crippen molar-refractivity contribution in [2.45, 2.75) is 6.42 Å². The van der Waals surface area contributed by atoms with Crippen molar-refractivity contribution in [3.05, 3.63) is 52.8 Å². The molecule has 9 nitrogen and oxygen atoms in total. The zero-order valence-corrected chi connectivity index (χ0v) is 12.8. The van der Waals surface area contributed by atoms with Crippen LogP contribution in [0.4, 0.5) is 11.6 Å². The molecule has 0 aliphatic rings. The molecule has 1 aromatic heterocycles. The number of ether oxygens (including phenoxy) is 1. The molecule has 0 aliphatic carbocycles. The van der Waals surface area contributed by atoms with Gasteiger partial charge in [0, 0.05) is 37.6 Å². The number of nitro groups is 1. The second-order valence-corrected chi connectivity index (χ2v) is 4.74. The minimum Gasteiger partial charge on any atom is -0.484 e. The SMILES string of the molecule is O=C(COc1ccc([N+](=O)[O-])cc1)NCCCNc1ncccn1. The van der Waals surface area contributed by atoms with Crippen LogP contribution in [0.2, 0.25) is 0 Å². The largest absolute Gasteiger partial charge is 0.484 e. The Balaban J connectivity index is 1.59. The van der Waals surface area contributed by atoms with Gasteiger partial charge in [0.2, 0.25) is 5.95 Å². The molecule has 0 bridgehead atoms. The van der Waals surface area contributed by atoms with Crippen LogP contribution in [-0.4, -0.2) is 40.5 Å². The van der Waals surface area contributed by atoms with Crippen molar-refractivity contribution in [3.8, 4) is 5.75 Å². The second-order valence-electron chi connectivity index (χ2n) is 4.74. The third kappa shape index (κ3) is 5.87. The summed E-state index contributed by atoms with van der Waals surface area (Å²) in [5.74, 6) is 0.688. The van der Waals surface area contributed by atoms with Crippen molar-refractivity contribution in [1.29, 1.82) is 0 Å². The zero-order valence-electron chi connectivity index (χ0n) is 12.8. The van der Waals surface area contributed by atoms with Crippen molar-refractivity contribution < 1.29 is 14.5 Å². The first-order chi connectivity index (χ1) is 11.6. The monoisotopic (exact) mass is 331 g/mol. The summed E-state index contributed by atoms with van der Waals surface area (Å²) in [5, 5.41) is 16.3. The van der Waals surface area contributed by atoms with Crippen LogP contribution in [-0.2, 0) is 4.79 Å². The lowest BCUT2D eigenvalue weighted by molar-refractivity contribution is -0.384. The lowest BCUT2D eigenvalue weighted by Gasteiger charge is -2.08. The highest BCUT2D eigenvalue weighted by Gasteiger charge is 2.06. The van der Waals surface area contributed by atoms with Gasteiger partial charge in [-0.2, -0.15) is 0 Å². The van der Waals surface area contributed by atoms with Crippen LogP contribution in [0.1, 0.15) is 6.42 Å². The summed E-state index contributed by atoms with van der Waals surface area (Å²) in [7, 11) is 0. The molecule has 1 aromatic carbocycles. The molecule has 9 heteroatoms. The molecule has 0 saturated carbocycles. The predicted octanol–water partition coefficient (Wildman–Crippen LogP) is 1.38. The number of nitro benzene ring substituents is 1. The van der Waals surface area contributed by atoms with E-state index in [-0.39, 0.29) is 18.2 Å². The second kappa shape index (κ2) is 9.03. The van der Waals surface area contributed by atoms with Crippen LogP contribution in [0.5, 0.6) is 5.75 Å². The average molecular weight is 331 g/mol. The van der Waals surface area contributed by atoms with Gasteiger partial charge >= 0.3 is 0 Å². The van der Waals surface area contributed by atoms with Gasteiger partial charge in [-0.1, -0.05) is 0 Å². The van der Waals surface area contributed by atoms with Crippen LogP contribution < -0.4 is 15.4 Å². The van der Waals surface area contributed by atoms with Crippen LogP contribution >= 0.6 is 0 Å². The first-order valence-corrected chi connectivity index (χ1v) is 7.30. The van der Waals surface area contributed by atoms with E-state index in [9.17, 15) is 14.9 Å². The molecule has 24 heavy (non-hydrogen) atoms. The number of nitrogens with one attached hydrogen (secondary N) is 2. The number of anilines is 1. The van der Waals surface area contributed by atoms with E-state index in [1.165, 1.54) is 24.3 Å². The molecule has 1 amide bonds. The van der Waals surface area contributed by atoms with Gasteiger partial charge in [0.15, 0.2) is 6.61 Å². The Morgan fingerprint density at radius 3 is 2.54 bits per heavy atom. The maximum Gasteiger partial charge on any atom is 0.269 e. The van der Waals surface area contributed by atoms with E-state index < -0.39 is 4.92 Å². The Morgan fingerprint density at radius 2 is 1.88 bits per heavy atom. The number of rotatable bonds is 9. The van der Waals surface area contributed by atoms with Gasteiger partial charge in [0.25, 0.3) is 11.6 Å². The zero-order chi connectivity index (χ0) is 17.2. The summed E-state index contributed by atoms with van der Waals surface area (Å²) in [4.78, 5) is 29.7. The Labute approximate surface area is 138 Å². The van der Waals surface area contributed by atoms with Crippen molar-refractivity contribution >= 4 is 17.5 Å². The van der Waals surface area contributed by atoms with Gasteiger partial charge in [-0.15, -0.1) is 0 Å². The minimum atomic E-state index is -0.495. The number of carbonyl (C=O) groups excluding carboxylic acids is 1. The summed E-state index contributed by atoms with van der Waals surface area (Å²) < 4.78 is 5.26. The van der Waals surface area contributed by atoms with E-state index in [0.29, 0.717) is 31.2 Å². The van der Waals surface area contributed by atoms with Crippen molar-refractivity contribution in [1.82, 2.24) is 15.3 Å². The molecule has 126 valence electrons. The molecular formula is C15H17N5O4. The molecular weight excluding hydrogens is 314 g/mol. The lowest BCUT2D eigenvalue weighted by Crippen LogP contribution is -2.30. The van der Waals surface area contributed by atoms with Gasteiger partial charge < -0.3 is 15.4 Å². The van der Waals surface area contributed by atoms with Crippen molar-refractivity contribution in [2.75, 3.05) is 25.0 Å². The summed E-state index contributed by atoms with van der Waals surface area (Å²) in [5.41, 5.74) is -0.0262. The number of benzene rings is 1. The molecule has 0 fully saturated rings. The molecule has 0 unspecified atom stereocenters. The predicted molar refractivity (Wildman–Crippen MR) is 86.7 cm³/mol. The summed E-state index contributed by atoms with van der Waals surface area (Å²) in [6, 6.07) is 7.29. The first kappa shape index (κ1) is 17.1. The van der Waals surface area contributed by atoms with E-state index in [1.807, 2.05) is 0 Å². The fraction of sp³-hybridized carbons (Fsp3) is 0.267. The molecule has 0 atom stereocenters. The smallest absolute Gasteiger partial charge is 0.269 e. The van der Waals surface area contributed by atoms with E-state index in [4.69, 9.17) is 4.74 Å². The topological polar surface area (TPSA) is 119 Å². The number of carbonyl (C=O) groups is 1. The molecule has 2 rings (SSSR count). The average Bonchev–Trinajstić information content (AvgIpc) is 2.61. The molecule has 2 N–H and O–H groups in total. The minimum absolute atomic E-state index is 0.0262. The normalized spacial score (nSPS) is 10.0. The number of aromatic nitrogens is 2. The number of nitrogens with zero attached hydrogens (tertiary/aromatic N) is 3. The Kier molecular flexibility index (Phi) is 6.45. The van der Waals surface area contributed by atoms with Crippen LogP contribution in [0.25, 0.3) is 0 Å². The van der Waals surface area contributed by atoms with Gasteiger partial charge in [-0.3, -0.25) is 14.9 Å².